The van der Waals surface area contributed by atoms with Crippen molar-refractivity contribution in [3.05, 3.63) is 0 Å². The molecule has 0 saturated carbocycles. The van der Waals surface area contributed by atoms with E-state index in [1.54, 1.807) is 0 Å². The van der Waals surface area contributed by atoms with E-state index in [2.05, 4.69) is 0 Å². The van der Waals surface area contributed by atoms with E-state index in [1.807, 2.05) is 5.32 Å². The average Bonchev–Trinajstić information content (AvgIpc) is 2.03. The summed E-state index contributed by atoms with van der Waals surface area (Å²) >= 11 is 5.12. The first-order valence-corrected chi connectivity index (χ1v) is 3.75. The standard InChI is InChI=1S/C6H8ClF2NO2/c7-3-4(11)1-2-10-6(12)5(8)9/h5H,1-3H2,(H,10,12). The van der Waals surface area contributed by atoms with Crippen LogP contribution in [0, 0.1) is 0 Å². The van der Waals surface area contributed by atoms with E-state index in [1.165, 1.54) is 0 Å². The minimum Gasteiger partial charge on any atom is -0.351 e. The lowest BCUT2D eigenvalue weighted by molar-refractivity contribution is -0.131. The first-order chi connectivity index (χ1) is 5.57. The Morgan fingerprint density at radius 2 is 2.00 bits per heavy atom. The number of Topliss-reactive ketones (excluding diaryl/α,β-unsaturated/α-hetero) is 1. The number of hydrogen-bond donors (Lipinski definition) is 1. The summed E-state index contributed by atoms with van der Waals surface area (Å²) in [5.74, 6) is -1.81. The normalized spacial score (nSPS) is 10.0. The smallest absolute Gasteiger partial charge is 0.315 e. The van der Waals surface area contributed by atoms with Crippen LogP contribution in [0.25, 0.3) is 0 Å². The van der Waals surface area contributed by atoms with E-state index < -0.39 is 12.3 Å². The van der Waals surface area contributed by atoms with Gasteiger partial charge < -0.3 is 5.32 Å². The summed E-state index contributed by atoms with van der Waals surface area (Å²) in [4.78, 5) is 20.7. The van der Waals surface area contributed by atoms with Crippen LogP contribution in [0.4, 0.5) is 8.78 Å². The number of ketones is 1. The van der Waals surface area contributed by atoms with Gasteiger partial charge in [0.15, 0.2) is 0 Å². The number of carbonyl (C=O) groups is 2. The number of carbonyl (C=O) groups excluding carboxylic acids is 2. The lowest BCUT2D eigenvalue weighted by atomic mass is 10.3. The van der Waals surface area contributed by atoms with Crippen molar-refractivity contribution < 1.29 is 18.4 Å². The Morgan fingerprint density at radius 3 is 2.42 bits per heavy atom. The van der Waals surface area contributed by atoms with Crippen LogP contribution in [0.3, 0.4) is 0 Å². The van der Waals surface area contributed by atoms with Crippen LogP contribution in [0.15, 0.2) is 0 Å². The van der Waals surface area contributed by atoms with Crippen molar-refractivity contribution >= 4 is 23.3 Å². The van der Waals surface area contributed by atoms with Gasteiger partial charge in [-0.3, -0.25) is 9.59 Å². The van der Waals surface area contributed by atoms with Gasteiger partial charge in [-0.05, 0) is 0 Å². The van der Waals surface area contributed by atoms with Gasteiger partial charge in [0.05, 0.1) is 5.88 Å². The van der Waals surface area contributed by atoms with Crippen LogP contribution in [-0.2, 0) is 9.59 Å². The van der Waals surface area contributed by atoms with Crippen molar-refractivity contribution in [2.24, 2.45) is 0 Å². The number of rotatable bonds is 5. The van der Waals surface area contributed by atoms with Gasteiger partial charge in [0.25, 0.3) is 5.91 Å². The van der Waals surface area contributed by atoms with E-state index in [0.717, 1.165) is 0 Å². The minimum absolute atomic E-state index is 0.0119. The molecule has 0 radical (unpaired) electrons. The van der Waals surface area contributed by atoms with Gasteiger partial charge in [0.1, 0.15) is 5.78 Å². The Morgan fingerprint density at radius 1 is 1.42 bits per heavy atom. The molecule has 0 bridgehead atoms. The fourth-order valence-electron chi connectivity index (χ4n) is 0.469. The van der Waals surface area contributed by atoms with Crippen molar-refractivity contribution in [2.75, 3.05) is 12.4 Å². The average molecular weight is 200 g/mol. The second kappa shape index (κ2) is 5.88. The topological polar surface area (TPSA) is 46.2 Å². The number of nitrogens with one attached hydrogen (secondary N) is 1. The molecule has 0 aliphatic carbocycles. The molecule has 1 N–H and O–H groups in total. The largest absolute Gasteiger partial charge is 0.351 e. The Kier molecular flexibility index (Phi) is 5.53. The Labute approximate surface area is 73.1 Å². The minimum atomic E-state index is -3.03. The van der Waals surface area contributed by atoms with Gasteiger partial charge in [0, 0.05) is 13.0 Å². The fraction of sp³-hybridized carbons (Fsp3) is 0.667. The zero-order chi connectivity index (χ0) is 9.56. The van der Waals surface area contributed by atoms with E-state index in [4.69, 9.17) is 11.6 Å². The molecule has 0 aliphatic rings. The van der Waals surface area contributed by atoms with Crippen LogP contribution < -0.4 is 5.32 Å². The fourth-order valence-corrected chi connectivity index (χ4v) is 0.603. The van der Waals surface area contributed by atoms with Gasteiger partial charge in [-0.2, -0.15) is 8.78 Å². The summed E-state index contributed by atoms with van der Waals surface area (Å²) in [7, 11) is 0. The summed E-state index contributed by atoms with van der Waals surface area (Å²) in [5.41, 5.74) is 0. The Balaban J connectivity index is 3.44. The molecule has 0 aliphatic heterocycles. The summed E-state index contributed by atoms with van der Waals surface area (Å²) in [6, 6.07) is 0. The summed E-state index contributed by atoms with van der Waals surface area (Å²) in [6.45, 7) is -0.0886. The second-order valence-electron chi connectivity index (χ2n) is 2.01. The molecule has 0 fully saturated rings. The van der Waals surface area contributed by atoms with Crippen LogP contribution >= 0.6 is 11.6 Å². The molecule has 6 heteroatoms. The summed E-state index contributed by atoms with van der Waals surface area (Å²) in [5, 5.41) is 1.88. The summed E-state index contributed by atoms with van der Waals surface area (Å²) in [6.07, 6.45) is -3.04. The zero-order valence-corrected chi connectivity index (χ0v) is 6.90. The quantitative estimate of drug-likeness (QED) is 0.658. The lowest BCUT2D eigenvalue weighted by Crippen LogP contribution is -2.31. The van der Waals surface area contributed by atoms with Crippen LogP contribution in [0.1, 0.15) is 6.42 Å². The highest BCUT2D eigenvalue weighted by Gasteiger charge is 2.13. The maximum absolute atomic E-state index is 11.5. The molecule has 3 nitrogen and oxygen atoms in total. The molecule has 70 valence electrons. The molecular formula is C6H8ClF2NO2. The molecule has 12 heavy (non-hydrogen) atoms. The highest BCUT2D eigenvalue weighted by atomic mass is 35.5. The summed E-state index contributed by atoms with van der Waals surface area (Å²) < 4.78 is 23.0. The predicted octanol–water partition coefficient (Wildman–Crippen LogP) is 0.566. The van der Waals surface area contributed by atoms with E-state index in [0.29, 0.717) is 0 Å². The van der Waals surface area contributed by atoms with Gasteiger partial charge in [-0.1, -0.05) is 0 Å². The zero-order valence-electron chi connectivity index (χ0n) is 6.15. The number of alkyl halides is 3. The van der Waals surface area contributed by atoms with Crippen LogP contribution in [0.2, 0.25) is 0 Å². The SMILES string of the molecule is O=C(CCl)CCNC(=O)C(F)F. The number of hydrogen-bond acceptors (Lipinski definition) is 2. The monoisotopic (exact) mass is 199 g/mol. The first kappa shape index (κ1) is 11.3. The Bertz CT molecular complexity index is 175. The molecule has 0 aromatic rings. The number of amides is 1. The number of halogens is 3. The maximum Gasteiger partial charge on any atom is 0.315 e. The lowest BCUT2D eigenvalue weighted by Gasteiger charge is -2.01. The van der Waals surface area contributed by atoms with Crippen LogP contribution in [0.5, 0.6) is 0 Å². The third-order valence-electron chi connectivity index (χ3n) is 1.05. The second-order valence-corrected chi connectivity index (χ2v) is 2.28. The third-order valence-corrected chi connectivity index (χ3v) is 1.35. The predicted molar refractivity (Wildman–Crippen MR) is 39.4 cm³/mol. The van der Waals surface area contributed by atoms with E-state index in [-0.39, 0.29) is 24.6 Å². The highest BCUT2D eigenvalue weighted by molar-refractivity contribution is 6.27. The van der Waals surface area contributed by atoms with Crippen molar-refractivity contribution in [2.45, 2.75) is 12.8 Å². The molecule has 0 aromatic heterocycles. The molecule has 1 amide bonds. The maximum atomic E-state index is 11.5. The molecule has 0 atom stereocenters. The molecule has 0 unspecified atom stereocenters. The van der Waals surface area contributed by atoms with Crippen molar-refractivity contribution in [1.82, 2.24) is 5.32 Å². The van der Waals surface area contributed by atoms with E-state index in [9.17, 15) is 18.4 Å². The molecular weight excluding hydrogens is 192 g/mol. The van der Waals surface area contributed by atoms with Crippen molar-refractivity contribution in [3.63, 3.8) is 0 Å². The van der Waals surface area contributed by atoms with Crippen molar-refractivity contribution in [1.29, 1.82) is 0 Å². The molecule has 0 heterocycles. The van der Waals surface area contributed by atoms with Gasteiger partial charge in [-0.15, -0.1) is 11.6 Å². The van der Waals surface area contributed by atoms with Gasteiger partial charge >= 0.3 is 6.43 Å². The van der Waals surface area contributed by atoms with Crippen molar-refractivity contribution in [3.8, 4) is 0 Å². The van der Waals surface area contributed by atoms with Crippen LogP contribution in [-0.4, -0.2) is 30.5 Å². The Hall–Kier alpha value is -0.710. The molecule has 0 rings (SSSR count). The molecule has 0 saturated heterocycles. The molecule has 0 aromatic carbocycles. The van der Waals surface area contributed by atoms with Gasteiger partial charge in [-0.25, -0.2) is 0 Å². The molecule has 0 spiro atoms. The third kappa shape index (κ3) is 5.01. The first-order valence-electron chi connectivity index (χ1n) is 3.21. The van der Waals surface area contributed by atoms with Gasteiger partial charge in [0.2, 0.25) is 0 Å². The van der Waals surface area contributed by atoms with E-state index >= 15 is 0 Å². The highest BCUT2D eigenvalue weighted by Crippen LogP contribution is 1.91.